The van der Waals surface area contributed by atoms with E-state index in [9.17, 15) is 18.0 Å². The molecule has 0 unspecified atom stereocenters. The number of rotatable bonds is 6. The Labute approximate surface area is 186 Å². The Kier molecular flexibility index (Phi) is 7.19. The molecule has 1 fully saturated rings. The number of ether oxygens (including phenoxy) is 2. The lowest BCUT2D eigenvalue weighted by Crippen LogP contribution is -2.45. The molecule has 8 nitrogen and oxygen atoms in total. The molecule has 0 radical (unpaired) electrons. The standard InChI is InChI=1S/C21H23ClN2O6S/c1-29-20(25)19-12-17(14-23(19)13-15-6-4-3-5-7-15)24(21(26)30-2)31(27,28)18-10-8-16(22)9-11-18/h3-11,17,19H,12-14H2,1-2H3/t17-,19+/m1/s1. The summed E-state index contributed by atoms with van der Waals surface area (Å²) >= 11 is 5.87. The lowest BCUT2D eigenvalue weighted by atomic mass is 10.1. The third-order valence-corrected chi connectivity index (χ3v) is 7.22. The van der Waals surface area contributed by atoms with Crippen LogP contribution in [0.25, 0.3) is 0 Å². The number of halogens is 1. The zero-order chi connectivity index (χ0) is 22.6. The summed E-state index contributed by atoms with van der Waals surface area (Å²) in [7, 11) is -1.85. The van der Waals surface area contributed by atoms with Crippen molar-refractivity contribution in [1.29, 1.82) is 0 Å². The van der Waals surface area contributed by atoms with Gasteiger partial charge in [-0.1, -0.05) is 41.9 Å². The molecular weight excluding hydrogens is 444 g/mol. The Bertz CT molecular complexity index is 1030. The molecule has 1 aliphatic heterocycles. The van der Waals surface area contributed by atoms with Crippen LogP contribution in [0.3, 0.4) is 0 Å². The number of amides is 1. The largest absolute Gasteiger partial charge is 0.468 e. The van der Waals surface area contributed by atoms with Crippen molar-refractivity contribution < 1.29 is 27.5 Å². The molecular formula is C21H23ClN2O6S. The molecule has 31 heavy (non-hydrogen) atoms. The first-order valence-electron chi connectivity index (χ1n) is 9.51. The predicted octanol–water partition coefficient (Wildman–Crippen LogP) is 2.91. The van der Waals surface area contributed by atoms with E-state index >= 15 is 0 Å². The van der Waals surface area contributed by atoms with Gasteiger partial charge in [0.1, 0.15) is 6.04 Å². The number of nitrogens with zero attached hydrogens (tertiary/aromatic N) is 2. The van der Waals surface area contributed by atoms with Crippen molar-refractivity contribution in [2.24, 2.45) is 0 Å². The van der Waals surface area contributed by atoms with Gasteiger partial charge in [0, 0.05) is 18.1 Å². The smallest absolute Gasteiger partial charge is 0.423 e. The predicted molar refractivity (Wildman–Crippen MR) is 114 cm³/mol. The van der Waals surface area contributed by atoms with Crippen molar-refractivity contribution in [1.82, 2.24) is 9.21 Å². The molecule has 0 aromatic heterocycles. The zero-order valence-electron chi connectivity index (χ0n) is 17.1. The summed E-state index contributed by atoms with van der Waals surface area (Å²) in [4.78, 5) is 26.7. The first kappa shape index (κ1) is 23.1. The second-order valence-electron chi connectivity index (χ2n) is 7.07. The number of hydrogen-bond acceptors (Lipinski definition) is 7. The van der Waals surface area contributed by atoms with Crippen LogP contribution in [0.5, 0.6) is 0 Å². The summed E-state index contributed by atoms with van der Waals surface area (Å²) in [5.41, 5.74) is 0.947. The van der Waals surface area contributed by atoms with Crippen LogP contribution in [0.15, 0.2) is 59.5 Å². The molecule has 0 N–H and O–H groups in total. The third-order valence-electron chi connectivity index (χ3n) is 5.14. The molecule has 10 heteroatoms. The van der Waals surface area contributed by atoms with Gasteiger partial charge in [0.15, 0.2) is 0 Å². The third kappa shape index (κ3) is 5.00. The van der Waals surface area contributed by atoms with Gasteiger partial charge >= 0.3 is 12.1 Å². The number of benzene rings is 2. The maximum atomic E-state index is 13.3. The van der Waals surface area contributed by atoms with Crippen LogP contribution in [0.2, 0.25) is 5.02 Å². The van der Waals surface area contributed by atoms with Crippen molar-refractivity contribution in [3.05, 3.63) is 65.2 Å². The molecule has 166 valence electrons. The van der Waals surface area contributed by atoms with E-state index in [1.54, 1.807) is 4.90 Å². The fourth-order valence-corrected chi connectivity index (χ4v) is 5.33. The average molecular weight is 467 g/mol. The summed E-state index contributed by atoms with van der Waals surface area (Å²) in [6.07, 6.45) is -0.938. The van der Waals surface area contributed by atoms with E-state index in [0.717, 1.165) is 12.7 Å². The highest BCUT2D eigenvalue weighted by Crippen LogP contribution is 2.30. The summed E-state index contributed by atoms with van der Waals surface area (Å²) < 4.78 is 37.0. The van der Waals surface area contributed by atoms with Crippen LogP contribution >= 0.6 is 11.6 Å². The highest BCUT2D eigenvalue weighted by molar-refractivity contribution is 7.89. The van der Waals surface area contributed by atoms with E-state index in [4.69, 9.17) is 21.1 Å². The van der Waals surface area contributed by atoms with Crippen LogP contribution in [0.4, 0.5) is 4.79 Å². The quantitative estimate of drug-likeness (QED) is 0.604. The van der Waals surface area contributed by atoms with E-state index in [1.807, 2.05) is 30.3 Å². The highest BCUT2D eigenvalue weighted by Gasteiger charge is 2.46. The SMILES string of the molecule is COC(=O)[C@@H]1C[C@@H](N(C(=O)OC)S(=O)(=O)c2ccc(Cl)cc2)CN1Cc1ccccc1. The average Bonchev–Trinajstić information content (AvgIpc) is 3.16. The molecule has 0 spiro atoms. The topological polar surface area (TPSA) is 93.2 Å². The molecule has 0 bridgehead atoms. The molecule has 3 rings (SSSR count). The summed E-state index contributed by atoms with van der Waals surface area (Å²) in [6, 6.07) is 13.4. The number of carbonyl (C=O) groups excluding carboxylic acids is 2. The zero-order valence-corrected chi connectivity index (χ0v) is 18.7. The molecule has 1 aliphatic rings. The number of hydrogen-bond donors (Lipinski definition) is 0. The van der Waals surface area contributed by atoms with E-state index < -0.39 is 34.2 Å². The molecule has 0 aliphatic carbocycles. The van der Waals surface area contributed by atoms with Gasteiger partial charge in [-0.05, 0) is 36.2 Å². The van der Waals surface area contributed by atoms with Gasteiger partial charge in [-0.2, -0.15) is 4.31 Å². The second-order valence-corrected chi connectivity index (χ2v) is 9.32. The van der Waals surface area contributed by atoms with Gasteiger partial charge < -0.3 is 9.47 Å². The molecule has 2 atom stereocenters. The Morgan fingerprint density at radius 3 is 2.29 bits per heavy atom. The maximum absolute atomic E-state index is 13.3. The minimum Gasteiger partial charge on any atom is -0.468 e. The Hall–Kier alpha value is -2.62. The van der Waals surface area contributed by atoms with Crippen LogP contribution in [-0.4, -0.2) is 62.5 Å². The minimum atomic E-state index is -4.24. The molecule has 1 amide bonds. The van der Waals surface area contributed by atoms with Crippen molar-refractivity contribution in [2.75, 3.05) is 20.8 Å². The molecule has 2 aromatic carbocycles. The van der Waals surface area contributed by atoms with Gasteiger partial charge in [-0.3, -0.25) is 9.69 Å². The van der Waals surface area contributed by atoms with Crippen LogP contribution in [0.1, 0.15) is 12.0 Å². The molecule has 0 saturated carbocycles. The van der Waals surface area contributed by atoms with E-state index in [2.05, 4.69) is 0 Å². The number of methoxy groups -OCH3 is 2. The molecule has 1 heterocycles. The van der Waals surface area contributed by atoms with Crippen molar-refractivity contribution in [2.45, 2.75) is 29.9 Å². The van der Waals surface area contributed by atoms with Crippen molar-refractivity contribution in [3.8, 4) is 0 Å². The fourth-order valence-electron chi connectivity index (χ4n) is 3.68. The highest BCUT2D eigenvalue weighted by atomic mass is 35.5. The molecule has 1 saturated heterocycles. The fraction of sp³-hybridized carbons (Fsp3) is 0.333. The van der Waals surface area contributed by atoms with Gasteiger partial charge in [-0.25, -0.2) is 13.2 Å². The maximum Gasteiger partial charge on any atom is 0.423 e. The number of likely N-dealkylation sites (tertiary alicyclic amines) is 1. The number of esters is 1. The van der Waals surface area contributed by atoms with Crippen molar-refractivity contribution >= 4 is 33.7 Å². The van der Waals surface area contributed by atoms with Gasteiger partial charge in [0.05, 0.1) is 25.2 Å². The normalized spacial score (nSPS) is 19.1. The van der Waals surface area contributed by atoms with Crippen molar-refractivity contribution in [3.63, 3.8) is 0 Å². The van der Waals surface area contributed by atoms with E-state index in [1.165, 1.54) is 31.4 Å². The first-order chi connectivity index (χ1) is 14.8. The Morgan fingerprint density at radius 1 is 1.06 bits per heavy atom. The van der Waals surface area contributed by atoms with Gasteiger partial charge in [0.25, 0.3) is 10.0 Å². The lowest BCUT2D eigenvalue weighted by molar-refractivity contribution is -0.146. The summed E-state index contributed by atoms with van der Waals surface area (Å²) in [6.45, 7) is 0.545. The second kappa shape index (κ2) is 9.67. The minimum absolute atomic E-state index is 0.0847. The Balaban J connectivity index is 1.94. The summed E-state index contributed by atoms with van der Waals surface area (Å²) in [5.74, 6) is -0.493. The van der Waals surface area contributed by atoms with Crippen LogP contribution in [-0.2, 0) is 30.8 Å². The van der Waals surface area contributed by atoms with E-state index in [-0.39, 0.29) is 17.9 Å². The van der Waals surface area contributed by atoms with E-state index in [0.29, 0.717) is 15.9 Å². The molecule has 2 aromatic rings. The lowest BCUT2D eigenvalue weighted by Gasteiger charge is -2.27. The number of carbonyl (C=O) groups is 2. The van der Waals surface area contributed by atoms with Gasteiger partial charge in [0.2, 0.25) is 0 Å². The van der Waals surface area contributed by atoms with Gasteiger partial charge in [-0.15, -0.1) is 0 Å². The Morgan fingerprint density at radius 2 is 1.71 bits per heavy atom. The monoisotopic (exact) mass is 466 g/mol. The summed E-state index contributed by atoms with van der Waals surface area (Å²) in [5, 5.41) is 0.365. The number of sulfonamides is 1. The first-order valence-corrected chi connectivity index (χ1v) is 11.3. The van der Waals surface area contributed by atoms with Crippen LogP contribution in [0, 0.1) is 0 Å². The van der Waals surface area contributed by atoms with Crippen LogP contribution < -0.4 is 0 Å².